The first-order valence-electron chi connectivity index (χ1n) is 8.42. The molecular weight excluding hydrogens is 340 g/mol. The Balaban J connectivity index is 1.75. The quantitative estimate of drug-likeness (QED) is 0.736. The summed E-state index contributed by atoms with van der Waals surface area (Å²) in [6.45, 7) is 3.18. The molecule has 134 valence electrons. The third kappa shape index (κ3) is 2.64. The van der Waals surface area contributed by atoms with Crippen molar-refractivity contribution in [3.8, 4) is 0 Å². The van der Waals surface area contributed by atoms with Gasteiger partial charge in [-0.05, 0) is 26.1 Å². The van der Waals surface area contributed by atoms with E-state index in [0.29, 0.717) is 18.8 Å². The Morgan fingerprint density at radius 3 is 2.64 bits per heavy atom. The highest BCUT2D eigenvalue weighted by Gasteiger charge is 2.47. The number of fused-ring (bicyclic) bond motifs is 2. The van der Waals surface area contributed by atoms with Gasteiger partial charge in [0, 0.05) is 31.6 Å². The molecule has 2 atom stereocenters. The maximum Gasteiger partial charge on any atom is 0.275 e. The van der Waals surface area contributed by atoms with Crippen LogP contribution in [0.4, 0.5) is 0 Å². The number of carbonyl (C=O) groups excluding carboxylic acids is 1. The smallest absolute Gasteiger partial charge is 0.275 e. The van der Waals surface area contributed by atoms with Crippen LogP contribution in [0.2, 0.25) is 0 Å². The molecule has 2 aliphatic heterocycles. The number of rotatable bonds is 1. The third-order valence-electron chi connectivity index (χ3n) is 5.42. The topological polar surface area (TPSA) is 75.5 Å². The molecular formula is C17H22N4O3S. The van der Waals surface area contributed by atoms with Crippen LogP contribution in [0.3, 0.4) is 0 Å². The molecule has 4 rings (SSSR count). The molecule has 25 heavy (non-hydrogen) atoms. The normalized spacial score (nSPS) is 26.1. The van der Waals surface area contributed by atoms with Gasteiger partial charge >= 0.3 is 0 Å². The van der Waals surface area contributed by atoms with E-state index in [0.717, 1.165) is 16.5 Å². The van der Waals surface area contributed by atoms with Gasteiger partial charge in [0.05, 0.1) is 23.1 Å². The van der Waals surface area contributed by atoms with E-state index in [1.54, 1.807) is 9.58 Å². The molecule has 0 spiro atoms. The second-order valence-corrected chi connectivity index (χ2v) is 9.34. The Bertz CT molecular complexity index is 966. The van der Waals surface area contributed by atoms with Crippen LogP contribution in [0, 0.1) is 6.92 Å². The molecule has 7 nitrogen and oxygen atoms in total. The van der Waals surface area contributed by atoms with Crippen LogP contribution in [0.25, 0.3) is 10.9 Å². The van der Waals surface area contributed by atoms with Gasteiger partial charge in [-0.1, -0.05) is 11.6 Å². The predicted molar refractivity (Wildman–Crippen MR) is 95.3 cm³/mol. The fourth-order valence-corrected chi connectivity index (χ4v) is 6.11. The van der Waals surface area contributed by atoms with Crippen molar-refractivity contribution >= 4 is 26.6 Å². The Labute approximate surface area is 147 Å². The zero-order valence-electron chi connectivity index (χ0n) is 14.6. The number of likely N-dealkylation sites (N-methyl/N-ethyl adjacent to an activating group) is 1. The van der Waals surface area contributed by atoms with E-state index in [1.165, 1.54) is 0 Å². The number of aromatic nitrogens is 2. The zero-order chi connectivity index (χ0) is 17.9. The minimum Gasteiger partial charge on any atom is -0.330 e. The van der Waals surface area contributed by atoms with Crippen molar-refractivity contribution in [2.24, 2.45) is 7.05 Å². The van der Waals surface area contributed by atoms with Crippen LogP contribution in [0.1, 0.15) is 16.1 Å². The molecule has 0 saturated carbocycles. The fourth-order valence-electron chi connectivity index (χ4n) is 4.05. The summed E-state index contributed by atoms with van der Waals surface area (Å²) in [5.41, 5.74) is 2.38. The highest BCUT2D eigenvalue weighted by molar-refractivity contribution is 7.91. The minimum atomic E-state index is -3.12. The lowest BCUT2D eigenvalue weighted by Crippen LogP contribution is -2.59. The molecule has 3 heterocycles. The molecule has 2 unspecified atom stereocenters. The van der Waals surface area contributed by atoms with E-state index >= 15 is 0 Å². The molecule has 2 fully saturated rings. The first kappa shape index (κ1) is 16.5. The summed E-state index contributed by atoms with van der Waals surface area (Å²) in [7, 11) is 0.636. The molecule has 2 aromatic rings. The second kappa shape index (κ2) is 5.54. The molecule has 0 bridgehead atoms. The number of nitrogens with zero attached hydrogens (tertiary/aromatic N) is 4. The summed E-state index contributed by atoms with van der Waals surface area (Å²) in [5.74, 6) is -0.00575. The number of benzene rings is 1. The zero-order valence-corrected chi connectivity index (χ0v) is 15.5. The van der Waals surface area contributed by atoms with E-state index < -0.39 is 9.84 Å². The van der Waals surface area contributed by atoms with Gasteiger partial charge < -0.3 is 4.90 Å². The maximum atomic E-state index is 13.2. The highest BCUT2D eigenvalue weighted by Crippen LogP contribution is 2.29. The van der Waals surface area contributed by atoms with E-state index in [1.807, 2.05) is 39.2 Å². The number of amides is 1. The lowest BCUT2D eigenvalue weighted by molar-refractivity contribution is 0.0406. The largest absolute Gasteiger partial charge is 0.330 e. The second-order valence-electron chi connectivity index (χ2n) is 7.18. The van der Waals surface area contributed by atoms with Crippen LogP contribution < -0.4 is 0 Å². The van der Waals surface area contributed by atoms with E-state index in [-0.39, 0.29) is 29.5 Å². The van der Waals surface area contributed by atoms with Crippen molar-refractivity contribution in [2.75, 3.05) is 31.6 Å². The van der Waals surface area contributed by atoms with Crippen molar-refractivity contribution in [3.05, 3.63) is 29.5 Å². The van der Waals surface area contributed by atoms with Gasteiger partial charge in [-0.2, -0.15) is 5.10 Å². The van der Waals surface area contributed by atoms with Crippen LogP contribution in [0.5, 0.6) is 0 Å². The van der Waals surface area contributed by atoms with Gasteiger partial charge in [-0.25, -0.2) is 8.42 Å². The Hall–Kier alpha value is -1.93. The molecule has 8 heteroatoms. The lowest BCUT2D eigenvalue weighted by Gasteiger charge is -2.41. The Morgan fingerprint density at radius 2 is 1.88 bits per heavy atom. The Kier molecular flexibility index (Phi) is 3.66. The van der Waals surface area contributed by atoms with Crippen LogP contribution >= 0.6 is 0 Å². The van der Waals surface area contributed by atoms with Crippen molar-refractivity contribution in [1.29, 1.82) is 0 Å². The number of hydrogen-bond donors (Lipinski definition) is 0. The van der Waals surface area contributed by atoms with Gasteiger partial charge in [0.2, 0.25) is 0 Å². The van der Waals surface area contributed by atoms with Gasteiger partial charge in [0.25, 0.3) is 5.91 Å². The van der Waals surface area contributed by atoms with E-state index in [2.05, 4.69) is 10.00 Å². The molecule has 1 amide bonds. The van der Waals surface area contributed by atoms with Crippen molar-refractivity contribution in [1.82, 2.24) is 19.6 Å². The summed E-state index contributed by atoms with van der Waals surface area (Å²) in [6.07, 6.45) is 0. The number of sulfone groups is 1. The average Bonchev–Trinajstić information content (AvgIpc) is 3.04. The van der Waals surface area contributed by atoms with Crippen molar-refractivity contribution in [3.63, 3.8) is 0 Å². The van der Waals surface area contributed by atoms with Gasteiger partial charge in [0.1, 0.15) is 0 Å². The first-order chi connectivity index (χ1) is 11.8. The number of hydrogen-bond acceptors (Lipinski definition) is 5. The van der Waals surface area contributed by atoms with E-state index in [9.17, 15) is 13.2 Å². The summed E-state index contributed by atoms with van der Waals surface area (Å²) in [4.78, 5) is 17.0. The summed E-state index contributed by atoms with van der Waals surface area (Å²) >= 11 is 0. The molecule has 0 radical (unpaired) electrons. The van der Waals surface area contributed by atoms with Crippen molar-refractivity contribution in [2.45, 2.75) is 19.0 Å². The van der Waals surface area contributed by atoms with Crippen LogP contribution in [0.15, 0.2) is 18.2 Å². The van der Waals surface area contributed by atoms with Gasteiger partial charge in [-0.3, -0.25) is 14.4 Å². The molecule has 1 aromatic heterocycles. The third-order valence-corrected chi connectivity index (χ3v) is 7.12. The molecule has 0 aliphatic carbocycles. The minimum absolute atomic E-state index is 0.0392. The van der Waals surface area contributed by atoms with Crippen LogP contribution in [-0.2, 0) is 16.9 Å². The molecule has 0 N–H and O–H groups in total. The predicted octanol–water partition coefficient (Wildman–Crippen LogP) is 0.435. The molecule has 1 aromatic carbocycles. The number of aryl methyl sites for hydroxylation is 2. The Morgan fingerprint density at radius 1 is 1.16 bits per heavy atom. The standard InChI is InChI=1S/C17H22N4O3S/c1-11-4-5-13-12(8-11)16(18-20(13)3)17(22)21-7-6-19(2)14-9-25(23,24)10-15(14)21/h4-5,8,14-15H,6-7,9-10H2,1-3H3. The van der Waals surface area contributed by atoms with Gasteiger partial charge in [-0.15, -0.1) is 0 Å². The van der Waals surface area contributed by atoms with Gasteiger partial charge in [0.15, 0.2) is 15.5 Å². The first-order valence-corrected chi connectivity index (χ1v) is 10.2. The maximum absolute atomic E-state index is 13.2. The lowest BCUT2D eigenvalue weighted by atomic mass is 10.0. The monoisotopic (exact) mass is 362 g/mol. The number of piperazine rings is 1. The molecule has 2 aliphatic rings. The average molecular weight is 362 g/mol. The summed E-state index contributed by atoms with van der Waals surface area (Å²) in [5, 5.41) is 5.26. The summed E-state index contributed by atoms with van der Waals surface area (Å²) in [6, 6.07) is 5.50. The van der Waals surface area contributed by atoms with Crippen LogP contribution in [-0.4, -0.2) is 77.6 Å². The SMILES string of the molecule is Cc1ccc2c(c1)c(C(=O)N1CCN(C)C3CS(=O)(=O)CC31)nn2C. The molecule has 2 saturated heterocycles. The van der Waals surface area contributed by atoms with E-state index in [4.69, 9.17) is 0 Å². The highest BCUT2D eigenvalue weighted by atomic mass is 32.2. The summed E-state index contributed by atoms with van der Waals surface area (Å²) < 4.78 is 26.0. The fraction of sp³-hybridized carbons (Fsp3) is 0.529. The number of carbonyl (C=O) groups is 1. The van der Waals surface area contributed by atoms with Crippen molar-refractivity contribution < 1.29 is 13.2 Å².